The van der Waals surface area contributed by atoms with Crippen LogP contribution in [0.3, 0.4) is 0 Å². The van der Waals surface area contributed by atoms with Gasteiger partial charge in [0.15, 0.2) is 0 Å². The summed E-state index contributed by atoms with van der Waals surface area (Å²) in [7, 11) is 1.41. The lowest BCUT2D eigenvalue weighted by molar-refractivity contribution is -0.00280. The molecule has 4 aromatic rings. The standard InChI is InChI=1S/C36H30N4O4/c1-5-23-16-21(8-7-20(23)3)15-22-9-14-31(24(6-2)17-22)40-35(43)28-13-11-26(19-30(28)36(40)44)32(38-37)25-10-12-27-29(18-25)34(42)39(4)33(27)41/h7-14,16-19H,5-6,15H2,1-4H3. The first-order valence-corrected chi connectivity index (χ1v) is 14.6. The summed E-state index contributed by atoms with van der Waals surface area (Å²) in [5.74, 6) is -1.73. The van der Waals surface area contributed by atoms with E-state index >= 15 is 0 Å². The van der Waals surface area contributed by atoms with E-state index < -0.39 is 23.6 Å². The van der Waals surface area contributed by atoms with Crippen LogP contribution in [0.15, 0.2) is 72.8 Å². The highest BCUT2D eigenvalue weighted by Gasteiger charge is 2.39. The van der Waals surface area contributed by atoms with Crippen LogP contribution in [0, 0.1) is 6.92 Å². The van der Waals surface area contributed by atoms with E-state index in [4.69, 9.17) is 0 Å². The quantitative estimate of drug-likeness (QED) is 0.119. The van der Waals surface area contributed by atoms with Gasteiger partial charge in [0.2, 0.25) is 0 Å². The summed E-state index contributed by atoms with van der Waals surface area (Å²) in [6.45, 7) is 6.26. The van der Waals surface area contributed by atoms with Gasteiger partial charge in [-0.25, -0.2) is 4.90 Å². The molecule has 0 spiro atoms. The summed E-state index contributed by atoms with van der Waals surface area (Å²) in [6.07, 6.45) is 2.34. The topological polar surface area (TPSA) is 111 Å². The van der Waals surface area contributed by atoms with Gasteiger partial charge in [-0.3, -0.25) is 24.1 Å². The molecule has 4 amide bonds. The maximum Gasteiger partial charge on any atom is 0.329 e. The molecule has 6 rings (SSSR count). The van der Waals surface area contributed by atoms with Gasteiger partial charge in [-0.05, 0) is 96.5 Å². The molecular formula is C36H30N4O4. The second kappa shape index (κ2) is 11.0. The van der Waals surface area contributed by atoms with Crippen molar-refractivity contribution in [2.75, 3.05) is 11.9 Å². The number of amides is 4. The summed E-state index contributed by atoms with van der Waals surface area (Å²) in [5.41, 5.74) is 18.1. The van der Waals surface area contributed by atoms with Gasteiger partial charge in [0, 0.05) is 7.05 Å². The van der Waals surface area contributed by atoms with E-state index in [-0.39, 0.29) is 28.0 Å². The second-order valence-electron chi connectivity index (χ2n) is 11.2. The molecule has 8 heteroatoms. The van der Waals surface area contributed by atoms with Gasteiger partial charge in [0.05, 0.1) is 39.1 Å². The average molecular weight is 583 g/mol. The fourth-order valence-corrected chi connectivity index (χ4v) is 6.10. The zero-order chi connectivity index (χ0) is 31.3. The highest BCUT2D eigenvalue weighted by Crippen LogP contribution is 2.33. The van der Waals surface area contributed by atoms with Crippen molar-refractivity contribution in [1.29, 1.82) is 0 Å². The zero-order valence-electron chi connectivity index (χ0n) is 25.0. The molecule has 2 heterocycles. The Kier molecular flexibility index (Phi) is 7.15. The van der Waals surface area contributed by atoms with Crippen LogP contribution < -0.4 is 4.90 Å². The lowest BCUT2D eigenvalue weighted by Crippen LogP contribution is -2.30. The van der Waals surface area contributed by atoms with Gasteiger partial charge in [0.25, 0.3) is 23.6 Å². The van der Waals surface area contributed by atoms with Crippen LogP contribution in [-0.4, -0.2) is 46.1 Å². The van der Waals surface area contributed by atoms with Crippen molar-refractivity contribution in [3.8, 4) is 0 Å². The minimum atomic E-state index is -0.464. The average Bonchev–Trinajstić information content (AvgIpc) is 3.41. The molecule has 0 fully saturated rings. The number of anilines is 1. The van der Waals surface area contributed by atoms with Crippen molar-refractivity contribution in [3.05, 3.63) is 140 Å². The van der Waals surface area contributed by atoms with E-state index in [1.807, 2.05) is 19.1 Å². The molecule has 0 radical (unpaired) electrons. The first-order chi connectivity index (χ1) is 21.2. The number of hydrogen-bond acceptors (Lipinski definition) is 4. The Bertz CT molecular complexity index is 1990. The van der Waals surface area contributed by atoms with E-state index in [1.54, 1.807) is 18.2 Å². The van der Waals surface area contributed by atoms with Crippen molar-refractivity contribution in [3.63, 3.8) is 0 Å². The number of benzene rings is 4. The van der Waals surface area contributed by atoms with E-state index in [2.05, 4.69) is 42.9 Å². The first-order valence-electron chi connectivity index (χ1n) is 14.6. The van der Waals surface area contributed by atoms with Gasteiger partial charge in [-0.1, -0.05) is 44.2 Å². The summed E-state index contributed by atoms with van der Waals surface area (Å²) >= 11 is 0. The van der Waals surface area contributed by atoms with Gasteiger partial charge in [0.1, 0.15) is 0 Å². The number of nitrogens with zero attached hydrogens (tertiary/aromatic N) is 4. The molecule has 0 atom stereocenters. The van der Waals surface area contributed by atoms with Gasteiger partial charge < -0.3 is 5.53 Å². The smallest absolute Gasteiger partial charge is 0.329 e. The number of fused-ring (bicyclic) bond motifs is 2. The van der Waals surface area contributed by atoms with E-state index in [1.165, 1.54) is 46.8 Å². The van der Waals surface area contributed by atoms with E-state index in [9.17, 15) is 24.7 Å². The monoisotopic (exact) mass is 582 g/mol. The molecule has 0 saturated heterocycles. The molecule has 218 valence electrons. The molecule has 4 aromatic carbocycles. The van der Waals surface area contributed by atoms with Crippen LogP contribution in [-0.2, 0) is 19.3 Å². The molecule has 0 saturated carbocycles. The lowest BCUT2D eigenvalue weighted by Gasteiger charge is -2.19. The van der Waals surface area contributed by atoms with Crippen molar-refractivity contribution < 1.29 is 24.0 Å². The molecule has 0 bridgehead atoms. The van der Waals surface area contributed by atoms with Crippen LogP contribution >= 0.6 is 0 Å². The molecule has 0 aliphatic carbocycles. The molecule has 0 aromatic heterocycles. The molecule has 44 heavy (non-hydrogen) atoms. The largest absolute Gasteiger partial charge is 0.361 e. The van der Waals surface area contributed by atoms with Crippen molar-refractivity contribution in [1.82, 2.24) is 4.90 Å². The van der Waals surface area contributed by atoms with Crippen LogP contribution in [0.4, 0.5) is 5.69 Å². The van der Waals surface area contributed by atoms with Crippen LogP contribution in [0.1, 0.15) is 94.2 Å². The predicted molar refractivity (Wildman–Crippen MR) is 166 cm³/mol. The van der Waals surface area contributed by atoms with Crippen molar-refractivity contribution in [2.45, 2.75) is 40.0 Å². The summed E-state index contributed by atoms with van der Waals surface area (Å²) in [4.78, 5) is 57.8. The third kappa shape index (κ3) is 4.57. The lowest BCUT2D eigenvalue weighted by atomic mass is 9.96. The third-order valence-corrected chi connectivity index (χ3v) is 8.59. The van der Waals surface area contributed by atoms with Crippen LogP contribution in [0.2, 0.25) is 0 Å². The maximum absolute atomic E-state index is 13.7. The molecule has 2 aliphatic rings. The number of aryl methyl sites for hydroxylation is 3. The fraction of sp³-hybridized carbons (Fsp3) is 0.194. The molecule has 0 unspecified atom stereocenters. The Labute approximate surface area is 255 Å². The molecule has 2 aliphatic heterocycles. The number of hydrogen-bond donors (Lipinski definition) is 0. The van der Waals surface area contributed by atoms with E-state index in [0.29, 0.717) is 23.2 Å². The van der Waals surface area contributed by atoms with Gasteiger partial charge in [-0.15, -0.1) is 0 Å². The minimum absolute atomic E-state index is 0.102. The Morgan fingerprint density at radius 1 is 0.659 bits per heavy atom. The summed E-state index contributed by atoms with van der Waals surface area (Å²) in [6, 6.07) is 21.7. The number of imide groups is 2. The first kappa shape index (κ1) is 28.6. The minimum Gasteiger partial charge on any atom is -0.361 e. The Morgan fingerprint density at radius 2 is 1.18 bits per heavy atom. The Balaban J connectivity index is 1.31. The summed E-state index contributed by atoms with van der Waals surface area (Å²) in [5, 5.41) is 0. The maximum atomic E-state index is 13.7. The zero-order valence-corrected chi connectivity index (χ0v) is 25.0. The number of carbonyl (C=O) groups is 4. The van der Waals surface area contributed by atoms with Gasteiger partial charge in [-0.2, -0.15) is 4.79 Å². The highest BCUT2D eigenvalue weighted by atomic mass is 16.2. The molecular weight excluding hydrogens is 552 g/mol. The molecule has 8 nitrogen and oxygen atoms in total. The van der Waals surface area contributed by atoms with Crippen LogP contribution in [0.25, 0.3) is 5.53 Å². The fourth-order valence-electron chi connectivity index (χ4n) is 6.10. The number of carbonyl (C=O) groups excluding carboxylic acids is 4. The Hall–Kier alpha value is -5.46. The third-order valence-electron chi connectivity index (χ3n) is 8.59. The van der Waals surface area contributed by atoms with Gasteiger partial charge >= 0.3 is 5.71 Å². The van der Waals surface area contributed by atoms with E-state index in [0.717, 1.165) is 28.9 Å². The van der Waals surface area contributed by atoms with Crippen molar-refractivity contribution in [2.24, 2.45) is 0 Å². The second-order valence-corrected chi connectivity index (χ2v) is 11.2. The van der Waals surface area contributed by atoms with Crippen LogP contribution in [0.5, 0.6) is 0 Å². The molecule has 0 N–H and O–H groups in total. The SMILES string of the molecule is CCc1cc(Cc2ccc(N3C(=O)c4ccc(C(=[N+]=[N-])c5ccc6c(c5)C(=O)N(C)C6=O)cc4C3=O)c(CC)c2)ccc1C. The highest BCUT2D eigenvalue weighted by molar-refractivity contribution is 6.35. The normalized spacial score (nSPS) is 13.8. The summed E-state index contributed by atoms with van der Waals surface area (Å²) < 4.78 is 0. The predicted octanol–water partition coefficient (Wildman–Crippen LogP) is 5.80. The Morgan fingerprint density at radius 3 is 1.80 bits per heavy atom. The van der Waals surface area contributed by atoms with Crippen molar-refractivity contribution >= 4 is 35.0 Å². The number of rotatable bonds is 7.